The van der Waals surface area contributed by atoms with E-state index in [1.165, 1.54) is 38.7 Å². The zero-order chi connectivity index (χ0) is 21.6. The van der Waals surface area contributed by atoms with Gasteiger partial charge in [0.15, 0.2) is 0 Å². The van der Waals surface area contributed by atoms with Gasteiger partial charge in [0, 0.05) is 44.7 Å². The average molecular weight is 448 g/mol. The molecule has 9 heteroatoms. The van der Waals surface area contributed by atoms with Crippen LogP contribution in [0.1, 0.15) is 33.1 Å². The Bertz CT molecular complexity index is 1240. The molecular formula is C21H22FN3O3S2. The third-order valence-electron chi connectivity index (χ3n) is 5.43. The molecule has 1 saturated heterocycles. The Morgan fingerprint density at radius 2 is 2.07 bits per heavy atom. The number of nitrogens with zero attached hydrogens (tertiary/aromatic N) is 3. The second kappa shape index (κ2) is 7.72. The summed E-state index contributed by atoms with van der Waals surface area (Å²) in [7, 11) is -0.344. The van der Waals surface area contributed by atoms with Crippen molar-refractivity contribution in [3.63, 3.8) is 0 Å². The summed E-state index contributed by atoms with van der Waals surface area (Å²) >= 11 is 1.34. The molecule has 1 amide bonds. The average Bonchev–Trinajstić information content (AvgIpc) is 3.34. The molecule has 1 aliphatic rings. The van der Waals surface area contributed by atoms with E-state index < -0.39 is 15.8 Å². The van der Waals surface area contributed by atoms with Crippen molar-refractivity contribution in [3.8, 4) is 0 Å². The molecule has 0 N–H and O–H groups in total. The lowest BCUT2D eigenvalue weighted by Gasteiger charge is -2.18. The Kier molecular flexibility index (Phi) is 5.37. The predicted octanol–water partition coefficient (Wildman–Crippen LogP) is 3.62. The number of benzene rings is 1. The molecule has 0 radical (unpaired) electrons. The van der Waals surface area contributed by atoms with Crippen LogP contribution in [0.25, 0.3) is 10.2 Å². The van der Waals surface area contributed by atoms with Crippen LogP contribution in [0.4, 0.5) is 4.39 Å². The van der Waals surface area contributed by atoms with Gasteiger partial charge in [-0.05, 0) is 48.7 Å². The van der Waals surface area contributed by atoms with Gasteiger partial charge in [-0.3, -0.25) is 4.79 Å². The summed E-state index contributed by atoms with van der Waals surface area (Å²) in [6, 6.07) is 7.61. The second-order valence-electron chi connectivity index (χ2n) is 7.66. The predicted molar refractivity (Wildman–Crippen MR) is 115 cm³/mol. The maximum atomic E-state index is 13.6. The summed E-state index contributed by atoms with van der Waals surface area (Å²) in [4.78, 5) is 20.2. The largest absolute Gasteiger partial charge is 0.344 e. The molecule has 1 aromatic carbocycles. The smallest absolute Gasteiger partial charge is 0.263 e. The molecule has 0 aliphatic carbocycles. The van der Waals surface area contributed by atoms with E-state index in [0.29, 0.717) is 23.4 Å². The first-order chi connectivity index (χ1) is 14.2. The number of fused-ring (bicyclic) bond motifs is 1. The van der Waals surface area contributed by atoms with E-state index in [1.54, 1.807) is 27.2 Å². The molecule has 0 unspecified atom stereocenters. The zero-order valence-corrected chi connectivity index (χ0v) is 18.6. The molecule has 158 valence electrons. The molecule has 30 heavy (non-hydrogen) atoms. The fourth-order valence-electron chi connectivity index (χ4n) is 3.83. The monoisotopic (exact) mass is 447 g/mol. The van der Waals surface area contributed by atoms with E-state index in [-0.39, 0.29) is 23.3 Å². The quantitative estimate of drug-likeness (QED) is 0.613. The van der Waals surface area contributed by atoms with Gasteiger partial charge < -0.3 is 4.90 Å². The molecule has 0 spiro atoms. The number of thiophene rings is 1. The summed E-state index contributed by atoms with van der Waals surface area (Å²) in [5, 5.41) is 0.898. The van der Waals surface area contributed by atoms with Crippen LogP contribution in [-0.2, 0) is 10.0 Å². The molecule has 1 aliphatic heterocycles. The highest BCUT2D eigenvalue weighted by atomic mass is 32.2. The summed E-state index contributed by atoms with van der Waals surface area (Å²) in [5.74, 6) is -0.654. The SMILES string of the molecule is Cc1cc(S(=O)(=O)N2CC[C@@H](c3c(C(=O)N(C)C)sc4ncccc34)C2)ccc1F. The summed E-state index contributed by atoms with van der Waals surface area (Å²) in [5.41, 5.74) is 1.16. The number of sulfonamides is 1. The number of hydrogen-bond acceptors (Lipinski definition) is 5. The third-order valence-corrected chi connectivity index (χ3v) is 8.41. The van der Waals surface area contributed by atoms with Gasteiger partial charge in [-0.25, -0.2) is 17.8 Å². The lowest BCUT2D eigenvalue weighted by atomic mass is 9.95. The molecule has 1 fully saturated rings. The minimum Gasteiger partial charge on any atom is -0.344 e. The van der Waals surface area contributed by atoms with Gasteiger partial charge in [0.05, 0.1) is 9.77 Å². The number of aromatic nitrogens is 1. The van der Waals surface area contributed by atoms with Gasteiger partial charge in [0.25, 0.3) is 5.91 Å². The first-order valence-corrected chi connectivity index (χ1v) is 11.8. The number of hydrogen-bond donors (Lipinski definition) is 0. The number of aryl methyl sites for hydroxylation is 1. The van der Waals surface area contributed by atoms with Crippen LogP contribution in [0.5, 0.6) is 0 Å². The van der Waals surface area contributed by atoms with Crippen LogP contribution < -0.4 is 0 Å². The Balaban J connectivity index is 1.71. The highest BCUT2D eigenvalue weighted by molar-refractivity contribution is 7.89. The van der Waals surface area contributed by atoms with E-state index in [9.17, 15) is 17.6 Å². The van der Waals surface area contributed by atoms with Gasteiger partial charge >= 0.3 is 0 Å². The fraction of sp³-hybridized carbons (Fsp3) is 0.333. The van der Waals surface area contributed by atoms with Gasteiger partial charge in [-0.2, -0.15) is 4.31 Å². The Hall–Kier alpha value is -2.36. The first-order valence-electron chi connectivity index (χ1n) is 9.55. The lowest BCUT2D eigenvalue weighted by Crippen LogP contribution is -2.29. The number of carbonyl (C=O) groups excluding carboxylic acids is 1. The molecule has 6 nitrogen and oxygen atoms in total. The van der Waals surface area contributed by atoms with Crippen molar-refractivity contribution in [2.24, 2.45) is 0 Å². The van der Waals surface area contributed by atoms with Crippen LogP contribution in [0, 0.1) is 12.7 Å². The van der Waals surface area contributed by atoms with Gasteiger partial charge in [-0.1, -0.05) is 6.07 Å². The van der Waals surface area contributed by atoms with Gasteiger partial charge in [0.1, 0.15) is 10.6 Å². The van der Waals surface area contributed by atoms with E-state index in [2.05, 4.69) is 4.98 Å². The normalized spacial score (nSPS) is 17.5. The Morgan fingerprint density at radius 1 is 1.30 bits per heavy atom. The second-order valence-corrected chi connectivity index (χ2v) is 10.6. The maximum Gasteiger partial charge on any atom is 0.263 e. The summed E-state index contributed by atoms with van der Waals surface area (Å²) in [6.45, 7) is 2.16. The molecule has 4 rings (SSSR count). The minimum absolute atomic E-state index is 0.0866. The summed E-state index contributed by atoms with van der Waals surface area (Å²) < 4.78 is 41.3. The Morgan fingerprint density at radius 3 is 2.77 bits per heavy atom. The van der Waals surface area contributed by atoms with Crippen LogP contribution in [0.3, 0.4) is 0 Å². The number of halogens is 1. The van der Waals surface area contributed by atoms with Crippen LogP contribution in [0.15, 0.2) is 41.4 Å². The van der Waals surface area contributed by atoms with Crippen LogP contribution in [-0.4, -0.2) is 55.7 Å². The zero-order valence-electron chi connectivity index (χ0n) is 16.9. The number of carbonyl (C=O) groups is 1. The van der Waals surface area contributed by atoms with Crippen molar-refractivity contribution >= 4 is 37.5 Å². The van der Waals surface area contributed by atoms with Crippen LogP contribution in [0.2, 0.25) is 0 Å². The summed E-state index contributed by atoms with van der Waals surface area (Å²) in [6.07, 6.45) is 2.29. The molecule has 2 aromatic heterocycles. The van der Waals surface area contributed by atoms with Gasteiger partial charge in [0.2, 0.25) is 10.0 Å². The Labute approximate surface area is 179 Å². The molecular weight excluding hydrogens is 425 g/mol. The third kappa shape index (κ3) is 3.51. The van der Waals surface area contributed by atoms with Crippen molar-refractivity contribution in [2.75, 3.05) is 27.2 Å². The number of rotatable bonds is 4. The first kappa shape index (κ1) is 20.9. The highest BCUT2D eigenvalue weighted by Crippen LogP contribution is 2.41. The molecule has 0 bridgehead atoms. The topological polar surface area (TPSA) is 70.6 Å². The molecule has 3 heterocycles. The van der Waals surface area contributed by atoms with Crippen molar-refractivity contribution in [3.05, 3.63) is 58.3 Å². The highest BCUT2D eigenvalue weighted by Gasteiger charge is 2.37. The van der Waals surface area contributed by atoms with Crippen molar-refractivity contribution in [1.82, 2.24) is 14.2 Å². The van der Waals surface area contributed by atoms with Crippen molar-refractivity contribution < 1.29 is 17.6 Å². The lowest BCUT2D eigenvalue weighted by molar-refractivity contribution is 0.0831. The molecule has 1 atom stereocenters. The van der Waals surface area contributed by atoms with E-state index >= 15 is 0 Å². The van der Waals surface area contributed by atoms with E-state index in [0.717, 1.165) is 15.8 Å². The molecule has 0 saturated carbocycles. The van der Waals surface area contributed by atoms with E-state index in [4.69, 9.17) is 0 Å². The number of pyridine rings is 1. The van der Waals surface area contributed by atoms with Crippen LogP contribution >= 0.6 is 11.3 Å². The van der Waals surface area contributed by atoms with E-state index in [1.807, 2.05) is 12.1 Å². The standard InChI is InChI=1S/C21H22FN3O3S2/c1-13-11-15(6-7-17(13)22)30(27,28)25-10-8-14(12-25)18-16-5-4-9-23-20(16)29-19(18)21(26)24(2)3/h4-7,9,11,14H,8,10,12H2,1-3H3/t14-/m1/s1. The fourth-order valence-corrected chi connectivity index (χ4v) is 6.66. The minimum atomic E-state index is -3.75. The van der Waals surface area contributed by atoms with Crippen molar-refractivity contribution in [2.45, 2.75) is 24.2 Å². The number of amides is 1. The molecule has 3 aromatic rings. The maximum absolute atomic E-state index is 13.6. The van der Waals surface area contributed by atoms with Gasteiger partial charge in [-0.15, -0.1) is 11.3 Å². The van der Waals surface area contributed by atoms with Crippen molar-refractivity contribution in [1.29, 1.82) is 0 Å².